The van der Waals surface area contributed by atoms with Crippen LogP contribution in [0.15, 0.2) is 0 Å². The average Bonchev–Trinajstić information content (AvgIpc) is 2.36. The van der Waals surface area contributed by atoms with Crippen LogP contribution in [0.3, 0.4) is 0 Å². The molecule has 0 spiro atoms. The molecule has 1 aliphatic carbocycles. The van der Waals surface area contributed by atoms with Crippen molar-refractivity contribution in [2.45, 2.75) is 51.6 Å². The number of hydrogen-bond donors (Lipinski definition) is 1. The first-order chi connectivity index (χ1) is 9.22. The first kappa shape index (κ1) is 13.8. The minimum absolute atomic E-state index is 0.758. The van der Waals surface area contributed by atoms with E-state index in [1.807, 2.05) is 0 Å². The lowest BCUT2D eigenvalue weighted by molar-refractivity contribution is 0.0265. The van der Waals surface area contributed by atoms with Crippen LogP contribution < -0.4 is 5.32 Å². The second-order valence-corrected chi connectivity index (χ2v) is 7.28. The van der Waals surface area contributed by atoms with Crippen LogP contribution in [0.25, 0.3) is 0 Å². The molecule has 1 N–H and O–H groups in total. The molecule has 1 unspecified atom stereocenters. The summed E-state index contributed by atoms with van der Waals surface area (Å²) in [5.74, 6) is 1.89. The molecular formula is C16H31N3. The fourth-order valence-corrected chi connectivity index (χ4v) is 4.04. The van der Waals surface area contributed by atoms with Gasteiger partial charge in [-0.1, -0.05) is 6.92 Å². The summed E-state index contributed by atoms with van der Waals surface area (Å²) in [4.78, 5) is 5.53. The summed E-state index contributed by atoms with van der Waals surface area (Å²) in [6.07, 6.45) is 5.79. The van der Waals surface area contributed by atoms with Gasteiger partial charge in [-0.3, -0.25) is 9.80 Å². The second-order valence-electron chi connectivity index (χ2n) is 7.28. The van der Waals surface area contributed by atoms with E-state index in [1.165, 1.54) is 65.0 Å². The van der Waals surface area contributed by atoms with Gasteiger partial charge < -0.3 is 5.32 Å². The average molecular weight is 265 g/mol. The van der Waals surface area contributed by atoms with Gasteiger partial charge in [-0.25, -0.2) is 0 Å². The van der Waals surface area contributed by atoms with Crippen LogP contribution in [0.1, 0.15) is 39.5 Å². The fraction of sp³-hybridized carbons (Fsp3) is 1.00. The maximum atomic E-state index is 3.39. The molecule has 3 heteroatoms. The van der Waals surface area contributed by atoms with Crippen molar-refractivity contribution >= 4 is 0 Å². The fourth-order valence-electron chi connectivity index (χ4n) is 4.04. The molecule has 0 radical (unpaired) electrons. The third kappa shape index (κ3) is 3.32. The van der Waals surface area contributed by atoms with Gasteiger partial charge in [0.05, 0.1) is 0 Å². The summed E-state index contributed by atoms with van der Waals surface area (Å²) >= 11 is 0. The molecule has 0 aromatic carbocycles. The summed E-state index contributed by atoms with van der Waals surface area (Å²) in [6, 6.07) is 1.65. The maximum Gasteiger partial charge on any atom is 0.0195 e. The minimum atomic E-state index is 0.758. The van der Waals surface area contributed by atoms with Crippen LogP contribution in [0.4, 0.5) is 0 Å². The first-order valence-electron chi connectivity index (χ1n) is 8.41. The Morgan fingerprint density at radius 1 is 1.00 bits per heavy atom. The predicted octanol–water partition coefficient (Wildman–Crippen LogP) is 1.79. The second kappa shape index (κ2) is 6.11. The molecule has 110 valence electrons. The molecule has 0 aromatic heterocycles. The lowest BCUT2D eigenvalue weighted by Gasteiger charge is -2.46. The van der Waals surface area contributed by atoms with Crippen molar-refractivity contribution in [3.05, 3.63) is 0 Å². The van der Waals surface area contributed by atoms with Gasteiger partial charge in [0.2, 0.25) is 0 Å². The topological polar surface area (TPSA) is 18.5 Å². The van der Waals surface area contributed by atoms with Gasteiger partial charge in [-0.15, -0.1) is 0 Å². The Labute approximate surface area is 118 Å². The molecule has 3 fully saturated rings. The van der Waals surface area contributed by atoms with E-state index in [0.29, 0.717) is 0 Å². The van der Waals surface area contributed by atoms with Crippen LogP contribution in [0.5, 0.6) is 0 Å². The Morgan fingerprint density at radius 2 is 1.74 bits per heavy atom. The van der Waals surface area contributed by atoms with Crippen molar-refractivity contribution < 1.29 is 0 Å². The van der Waals surface area contributed by atoms with E-state index in [9.17, 15) is 0 Å². The van der Waals surface area contributed by atoms with Gasteiger partial charge in [0, 0.05) is 51.4 Å². The quantitative estimate of drug-likeness (QED) is 0.839. The van der Waals surface area contributed by atoms with Crippen LogP contribution >= 0.6 is 0 Å². The number of piperazine rings is 1. The van der Waals surface area contributed by atoms with Gasteiger partial charge >= 0.3 is 0 Å². The summed E-state index contributed by atoms with van der Waals surface area (Å²) < 4.78 is 0. The number of hydrogen-bond acceptors (Lipinski definition) is 3. The molecule has 2 aliphatic heterocycles. The molecule has 19 heavy (non-hydrogen) atoms. The SMILES string of the molecule is CC1CCC(N2CCN(CC3CNC3)C(C)C2)CC1. The minimum Gasteiger partial charge on any atom is -0.316 e. The normalized spacial score (nSPS) is 39.2. The third-order valence-corrected chi connectivity index (χ3v) is 5.66. The van der Waals surface area contributed by atoms with Gasteiger partial charge in [-0.2, -0.15) is 0 Å². The van der Waals surface area contributed by atoms with Crippen molar-refractivity contribution in [2.24, 2.45) is 11.8 Å². The number of rotatable bonds is 3. The zero-order valence-electron chi connectivity index (χ0n) is 12.8. The van der Waals surface area contributed by atoms with Crippen LogP contribution in [-0.4, -0.2) is 61.2 Å². The number of nitrogens with one attached hydrogen (secondary N) is 1. The molecular weight excluding hydrogens is 234 g/mol. The molecule has 3 aliphatic rings. The van der Waals surface area contributed by atoms with Gasteiger partial charge in [-0.05, 0) is 44.4 Å². The summed E-state index contributed by atoms with van der Waals surface area (Å²) in [7, 11) is 0. The lowest BCUT2D eigenvalue weighted by atomic mass is 9.86. The Bertz CT molecular complexity index is 282. The smallest absolute Gasteiger partial charge is 0.0195 e. The van der Waals surface area contributed by atoms with E-state index in [0.717, 1.165) is 23.9 Å². The summed E-state index contributed by atoms with van der Waals surface area (Å²) in [6.45, 7) is 12.6. The zero-order valence-corrected chi connectivity index (χ0v) is 12.8. The molecule has 3 rings (SSSR count). The van der Waals surface area contributed by atoms with E-state index in [-0.39, 0.29) is 0 Å². The maximum absolute atomic E-state index is 3.39. The van der Waals surface area contributed by atoms with E-state index in [1.54, 1.807) is 0 Å². The monoisotopic (exact) mass is 265 g/mol. The predicted molar refractivity (Wildman–Crippen MR) is 80.4 cm³/mol. The van der Waals surface area contributed by atoms with E-state index >= 15 is 0 Å². The van der Waals surface area contributed by atoms with Crippen molar-refractivity contribution in [1.29, 1.82) is 0 Å². The van der Waals surface area contributed by atoms with Crippen LogP contribution in [0, 0.1) is 11.8 Å². The molecule has 2 saturated heterocycles. The summed E-state index contributed by atoms with van der Waals surface area (Å²) in [5, 5.41) is 3.39. The third-order valence-electron chi connectivity index (χ3n) is 5.66. The molecule has 2 heterocycles. The molecule has 1 saturated carbocycles. The standard InChI is InChI=1S/C16H31N3/c1-13-3-5-16(6-4-13)19-8-7-18(14(2)11-19)12-15-9-17-10-15/h13-17H,3-12H2,1-2H3. The summed E-state index contributed by atoms with van der Waals surface area (Å²) in [5.41, 5.74) is 0. The van der Waals surface area contributed by atoms with Gasteiger partial charge in [0.15, 0.2) is 0 Å². The lowest BCUT2D eigenvalue weighted by Crippen LogP contribution is -2.58. The molecule has 0 bridgehead atoms. The first-order valence-corrected chi connectivity index (χ1v) is 8.41. The molecule has 0 aromatic rings. The van der Waals surface area contributed by atoms with Crippen molar-refractivity contribution in [3.8, 4) is 0 Å². The molecule has 3 nitrogen and oxygen atoms in total. The Balaban J connectivity index is 1.46. The largest absolute Gasteiger partial charge is 0.316 e. The van der Waals surface area contributed by atoms with Gasteiger partial charge in [0.25, 0.3) is 0 Å². The molecule has 0 amide bonds. The highest BCUT2D eigenvalue weighted by molar-refractivity contribution is 4.88. The van der Waals surface area contributed by atoms with Crippen LogP contribution in [-0.2, 0) is 0 Å². The van der Waals surface area contributed by atoms with Crippen molar-refractivity contribution in [2.75, 3.05) is 39.3 Å². The Hall–Kier alpha value is -0.120. The highest BCUT2D eigenvalue weighted by atomic mass is 15.3. The van der Waals surface area contributed by atoms with Crippen molar-refractivity contribution in [3.63, 3.8) is 0 Å². The van der Waals surface area contributed by atoms with Crippen molar-refractivity contribution in [1.82, 2.24) is 15.1 Å². The Kier molecular flexibility index (Phi) is 4.45. The number of nitrogens with zero attached hydrogens (tertiary/aromatic N) is 2. The Morgan fingerprint density at radius 3 is 2.32 bits per heavy atom. The van der Waals surface area contributed by atoms with Crippen LogP contribution in [0.2, 0.25) is 0 Å². The van der Waals surface area contributed by atoms with E-state index in [2.05, 4.69) is 29.0 Å². The molecule has 1 atom stereocenters. The van der Waals surface area contributed by atoms with E-state index < -0.39 is 0 Å². The van der Waals surface area contributed by atoms with E-state index in [4.69, 9.17) is 0 Å². The highest BCUT2D eigenvalue weighted by Crippen LogP contribution is 2.28. The van der Waals surface area contributed by atoms with Gasteiger partial charge in [0.1, 0.15) is 0 Å². The highest BCUT2D eigenvalue weighted by Gasteiger charge is 2.31. The zero-order chi connectivity index (χ0) is 13.2.